The van der Waals surface area contributed by atoms with E-state index in [9.17, 15) is 9.70 Å². The van der Waals surface area contributed by atoms with E-state index in [0.29, 0.717) is 5.17 Å². The van der Waals surface area contributed by atoms with Crippen LogP contribution in [0, 0.1) is 10.8 Å². The highest BCUT2D eigenvalue weighted by Crippen LogP contribution is 2.00. The molecule has 0 saturated carbocycles. The van der Waals surface area contributed by atoms with Gasteiger partial charge in [-0.1, -0.05) is 19.0 Å². The maximum atomic E-state index is 10.8. The van der Waals surface area contributed by atoms with E-state index in [1.807, 2.05) is 0 Å². The summed E-state index contributed by atoms with van der Waals surface area (Å²) in [6.45, 7) is 3.30. The average molecular weight is 146 g/mol. The Hall–Kier alpha value is -0.970. The molecule has 0 aliphatic rings. The SMILES string of the molecule is CON(N=O)C(=O)C(C)C. The second-order valence-corrected chi connectivity index (χ2v) is 2.03. The minimum Gasteiger partial charge on any atom is -0.270 e. The molecular weight excluding hydrogens is 136 g/mol. The van der Waals surface area contributed by atoms with Crippen LogP contribution in [0.15, 0.2) is 5.29 Å². The Morgan fingerprint density at radius 2 is 2.10 bits per heavy atom. The first-order valence-corrected chi connectivity index (χ1v) is 2.84. The van der Waals surface area contributed by atoms with Crippen LogP contribution in [0.3, 0.4) is 0 Å². The highest BCUT2D eigenvalue weighted by Gasteiger charge is 2.16. The third-order valence-corrected chi connectivity index (χ3v) is 0.930. The van der Waals surface area contributed by atoms with Crippen molar-refractivity contribution in [2.24, 2.45) is 11.2 Å². The molecule has 0 aliphatic heterocycles. The van der Waals surface area contributed by atoms with E-state index in [0.717, 1.165) is 0 Å². The molecule has 0 heterocycles. The molecule has 0 aromatic rings. The van der Waals surface area contributed by atoms with Gasteiger partial charge in [-0.3, -0.25) is 9.63 Å². The highest BCUT2D eigenvalue weighted by atomic mass is 16.7. The number of nitroso groups, excluding NO2 is 1. The smallest absolute Gasteiger partial charge is 0.270 e. The summed E-state index contributed by atoms with van der Waals surface area (Å²) in [5.74, 6) is -0.727. The van der Waals surface area contributed by atoms with E-state index in [4.69, 9.17) is 0 Å². The molecule has 0 radical (unpaired) electrons. The highest BCUT2D eigenvalue weighted by molar-refractivity contribution is 5.76. The van der Waals surface area contributed by atoms with Gasteiger partial charge in [0.15, 0.2) is 0 Å². The molecule has 5 nitrogen and oxygen atoms in total. The van der Waals surface area contributed by atoms with Gasteiger partial charge in [-0.15, -0.1) is 4.91 Å². The Labute approximate surface area is 58.9 Å². The van der Waals surface area contributed by atoms with Gasteiger partial charge < -0.3 is 0 Å². The van der Waals surface area contributed by atoms with Gasteiger partial charge in [0.1, 0.15) is 0 Å². The zero-order valence-electron chi connectivity index (χ0n) is 6.20. The van der Waals surface area contributed by atoms with E-state index in [2.05, 4.69) is 10.1 Å². The van der Waals surface area contributed by atoms with E-state index < -0.39 is 5.91 Å². The van der Waals surface area contributed by atoms with Gasteiger partial charge in [0, 0.05) is 5.92 Å². The van der Waals surface area contributed by atoms with Crippen molar-refractivity contribution in [1.82, 2.24) is 5.17 Å². The molecule has 1 amide bonds. The van der Waals surface area contributed by atoms with Crippen LogP contribution < -0.4 is 0 Å². The number of nitrogens with zero attached hydrogens (tertiary/aromatic N) is 2. The molecular formula is C5H10N2O3. The van der Waals surface area contributed by atoms with Gasteiger partial charge in [-0.05, 0) is 0 Å². The van der Waals surface area contributed by atoms with E-state index in [1.165, 1.54) is 7.11 Å². The van der Waals surface area contributed by atoms with Crippen molar-refractivity contribution in [2.45, 2.75) is 13.8 Å². The molecule has 0 aliphatic carbocycles. The first-order valence-electron chi connectivity index (χ1n) is 2.84. The van der Waals surface area contributed by atoms with Crippen molar-refractivity contribution in [3.63, 3.8) is 0 Å². The number of carbonyl (C=O) groups excluding carboxylic acids is 1. The largest absolute Gasteiger partial charge is 0.274 e. The first kappa shape index (κ1) is 9.03. The molecule has 58 valence electrons. The number of amides is 1. The van der Waals surface area contributed by atoms with Gasteiger partial charge in [0.25, 0.3) is 5.91 Å². The summed E-state index contributed by atoms with van der Waals surface area (Å²) in [6.07, 6.45) is 0. The molecule has 10 heavy (non-hydrogen) atoms. The van der Waals surface area contributed by atoms with Crippen LogP contribution in [0.4, 0.5) is 0 Å². The lowest BCUT2D eigenvalue weighted by Gasteiger charge is -2.10. The number of hydroxylamine groups is 1. The summed E-state index contributed by atoms with van der Waals surface area (Å²) in [5, 5.41) is 2.76. The van der Waals surface area contributed by atoms with Crippen LogP contribution in [-0.2, 0) is 9.63 Å². The standard InChI is InChI=1S/C5H10N2O3/c1-4(2)5(8)7(6-9)10-3/h4H,1-3H3. The van der Waals surface area contributed by atoms with Crippen LogP contribution >= 0.6 is 0 Å². The molecule has 5 heteroatoms. The molecule has 0 aromatic carbocycles. The minimum absolute atomic E-state index is 0.280. The fourth-order valence-corrected chi connectivity index (χ4v) is 0.384. The summed E-state index contributed by atoms with van der Waals surface area (Å²) in [4.78, 5) is 25.0. The Morgan fingerprint density at radius 1 is 1.60 bits per heavy atom. The van der Waals surface area contributed by atoms with Crippen molar-refractivity contribution in [3.8, 4) is 0 Å². The van der Waals surface area contributed by atoms with Gasteiger partial charge in [-0.2, -0.15) is 0 Å². The first-order chi connectivity index (χ1) is 4.63. The van der Waals surface area contributed by atoms with Gasteiger partial charge in [0.2, 0.25) is 0 Å². The molecule has 0 spiro atoms. The predicted octanol–water partition coefficient (Wildman–Crippen LogP) is 0.714. The van der Waals surface area contributed by atoms with Crippen LogP contribution in [0.2, 0.25) is 0 Å². The Balaban J connectivity index is 4.02. The normalized spacial score (nSPS) is 9.60. The van der Waals surface area contributed by atoms with Crippen molar-refractivity contribution in [3.05, 3.63) is 4.91 Å². The average Bonchev–Trinajstić information content (AvgIpc) is 1.90. The Morgan fingerprint density at radius 3 is 2.20 bits per heavy atom. The van der Waals surface area contributed by atoms with Crippen LogP contribution in [0.25, 0.3) is 0 Å². The number of rotatable bonds is 3. The Bertz CT molecular complexity index is 135. The second kappa shape index (κ2) is 3.94. The fraction of sp³-hybridized carbons (Fsp3) is 0.800. The summed E-state index contributed by atoms with van der Waals surface area (Å²) < 4.78 is 0. The maximum absolute atomic E-state index is 10.8. The van der Waals surface area contributed by atoms with Crippen LogP contribution in [-0.4, -0.2) is 18.2 Å². The molecule has 0 rings (SSSR count). The molecule has 0 unspecified atom stereocenters. The number of hydrogen-bond acceptors (Lipinski definition) is 4. The predicted molar refractivity (Wildman–Crippen MR) is 34.5 cm³/mol. The number of hydrogen-bond donors (Lipinski definition) is 0. The van der Waals surface area contributed by atoms with Crippen molar-refractivity contribution >= 4 is 5.91 Å². The minimum atomic E-state index is -0.447. The zero-order valence-corrected chi connectivity index (χ0v) is 6.20. The molecule has 0 saturated heterocycles. The van der Waals surface area contributed by atoms with E-state index in [-0.39, 0.29) is 5.92 Å². The van der Waals surface area contributed by atoms with Crippen molar-refractivity contribution < 1.29 is 9.63 Å². The molecule has 0 aromatic heterocycles. The fourth-order valence-electron chi connectivity index (χ4n) is 0.384. The Kier molecular flexibility index (Phi) is 3.56. The molecule has 0 fully saturated rings. The topological polar surface area (TPSA) is 59.0 Å². The summed E-state index contributed by atoms with van der Waals surface area (Å²) in [7, 11) is 1.21. The van der Waals surface area contributed by atoms with Gasteiger partial charge >= 0.3 is 0 Å². The van der Waals surface area contributed by atoms with Crippen LogP contribution in [0.1, 0.15) is 13.8 Å². The lowest BCUT2D eigenvalue weighted by molar-refractivity contribution is -0.180. The van der Waals surface area contributed by atoms with Gasteiger partial charge in [-0.25, -0.2) is 0 Å². The third-order valence-electron chi connectivity index (χ3n) is 0.930. The summed E-state index contributed by atoms with van der Waals surface area (Å²) in [5.41, 5.74) is 0. The summed E-state index contributed by atoms with van der Waals surface area (Å²) >= 11 is 0. The lowest BCUT2D eigenvalue weighted by Crippen LogP contribution is -2.28. The van der Waals surface area contributed by atoms with E-state index >= 15 is 0 Å². The van der Waals surface area contributed by atoms with E-state index in [1.54, 1.807) is 13.8 Å². The van der Waals surface area contributed by atoms with Crippen molar-refractivity contribution in [2.75, 3.05) is 7.11 Å². The quantitative estimate of drug-likeness (QED) is 0.435. The zero-order chi connectivity index (χ0) is 8.15. The number of carbonyl (C=O) groups is 1. The summed E-state index contributed by atoms with van der Waals surface area (Å²) in [6, 6.07) is 0. The molecule has 0 bridgehead atoms. The lowest BCUT2D eigenvalue weighted by atomic mass is 10.2. The van der Waals surface area contributed by atoms with Gasteiger partial charge in [0.05, 0.1) is 12.4 Å². The monoisotopic (exact) mass is 146 g/mol. The third kappa shape index (κ3) is 2.10. The molecule has 0 atom stereocenters. The maximum Gasteiger partial charge on any atom is 0.274 e. The second-order valence-electron chi connectivity index (χ2n) is 2.03. The van der Waals surface area contributed by atoms with Crippen LogP contribution in [0.5, 0.6) is 0 Å². The molecule has 0 N–H and O–H groups in total. The van der Waals surface area contributed by atoms with Crippen molar-refractivity contribution in [1.29, 1.82) is 0 Å².